The Bertz CT molecular complexity index is 227. The highest BCUT2D eigenvalue weighted by Gasteiger charge is 2.29. The number of aliphatic hydroxyl groups is 1. The van der Waals surface area contributed by atoms with Crippen LogP contribution in [-0.4, -0.2) is 60.8 Å². The Labute approximate surface area is 112 Å². The standard InChI is InChI=1S/C15H30N2O/c1-2-16-10-7-14(11-16)15(13-18)12-17-8-5-3-4-6-9-17/h14-15,18H,2-13H2,1H3. The molecule has 0 spiro atoms. The molecule has 0 saturated carbocycles. The summed E-state index contributed by atoms with van der Waals surface area (Å²) in [6.45, 7) is 9.84. The molecule has 2 unspecified atom stereocenters. The van der Waals surface area contributed by atoms with Crippen LogP contribution in [0.1, 0.15) is 39.0 Å². The Morgan fingerprint density at radius 2 is 1.78 bits per heavy atom. The van der Waals surface area contributed by atoms with Gasteiger partial charge in [0.05, 0.1) is 0 Å². The molecule has 0 aromatic carbocycles. The predicted molar refractivity (Wildman–Crippen MR) is 75.7 cm³/mol. The molecule has 2 atom stereocenters. The maximum atomic E-state index is 9.70. The third-order valence-corrected chi connectivity index (χ3v) is 4.85. The molecule has 2 fully saturated rings. The highest BCUT2D eigenvalue weighted by atomic mass is 16.3. The van der Waals surface area contributed by atoms with Crippen molar-refractivity contribution in [1.82, 2.24) is 9.80 Å². The maximum Gasteiger partial charge on any atom is 0.0474 e. The smallest absolute Gasteiger partial charge is 0.0474 e. The van der Waals surface area contributed by atoms with Crippen LogP contribution in [0.4, 0.5) is 0 Å². The van der Waals surface area contributed by atoms with Gasteiger partial charge in [-0.05, 0) is 57.3 Å². The van der Waals surface area contributed by atoms with Gasteiger partial charge in [0.1, 0.15) is 0 Å². The van der Waals surface area contributed by atoms with Crippen molar-refractivity contribution < 1.29 is 5.11 Å². The van der Waals surface area contributed by atoms with Gasteiger partial charge in [-0.15, -0.1) is 0 Å². The summed E-state index contributed by atoms with van der Waals surface area (Å²) < 4.78 is 0. The second-order valence-corrected chi connectivity index (χ2v) is 6.10. The van der Waals surface area contributed by atoms with E-state index in [1.54, 1.807) is 0 Å². The minimum atomic E-state index is 0.374. The van der Waals surface area contributed by atoms with Gasteiger partial charge >= 0.3 is 0 Å². The summed E-state index contributed by atoms with van der Waals surface area (Å²) >= 11 is 0. The van der Waals surface area contributed by atoms with Gasteiger partial charge in [0, 0.05) is 19.7 Å². The Morgan fingerprint density at radius 3 is 2.33 bits per heavy atom. The largest absolute Gasteiger partial charge is 0.396 e. The molecule has 2 rings (SSSR count). The molecule has 2 heterocycles. The zero-order valence-electron chi connectivity index (χ0n) is 12.0. The van der Waals surface area contributed by atoms with E-state index >= 15 is 0 Å². The summed E-state index contributed by atoms with van der Waals surface area (Å²) in [5.74, 6) is 1.22. The predicted octanol–water partition coefficient (Wildman–Crippen LogP) is 1.81. The molecule has 0 bridgehead atoms. The van der Waals surface area contributed by atoms with Gasteiger partial charge in [-0.25, -0.2) is 0 Å². The van der Waals surface area contributed by atoms with Crippen molar-refractivity contribution in [1.29, 1.82) is 0 Å². The molecule has 3 nitrogen and oxygen atoms in total. The van der Waals surface area contributed by atoms with Gasteiger partial charge in [0.2, 0.25) is 0 Å². The monoisotopic (exact) mass is 254 g/mol. The molecule has 2 aliphatic heterocycles. The second-order valence-electron chi connectivity index (χ2n) is 6.10. The lowest BCUT2D eigenvalue weighted by atomic mass is 9.91. The summed E-state index contributed by atoms with van der Waals surface area (Å²) in [6.07, 6.45) is 6.78. The lowest BCUT2D eigenvalue weighted by Gasteiger charge is -2.29. The fourth-order valence-electron chi connectivity index (χ4n) is 3.54. The first kappa shape index (κ1) is 14.3. The second kappa shape index (κ2) is 7.46. The minimum absolute atomic E-state index is 0.374. The summed E-state index contributed by atoms with van der Waals surface area (Å²) in [4.78, 5) is 5.12. The Morgan fingerprint density at radius 1 is 1.06 bits per heavy atom. The SMILES string of the molecule is CCN1CCC(C(CO)CN2CCCCCC2)C1. The van der Waals surface area contributed by atoms with E-state index in [4.69, 9.17) is 0 Å². The molecule has 106 valence electrons. The van der Waals surface area contributed by atoms with E-state index in [0.29, 0.717) is 12.5 Å². The third kappa shape index (κ3) is 3.94. The first-order valence-corrected chi connectivity index (χ1v) is 7.89. The van der Waals surface area contributed by atoms with Crippen LogP contribution in [0.15, 0.2) is 0 Å². The number of rotatable bonds is 5. The van der Waals surface area contributed by atoms with Crippen molar-refractivity contribution >= 4 is 0 Å². The zero-order chi connectivity index (χ0) is 12.8. The summed E-state index contributed by atoms with van der Waals surface area (Å²) in [6, 6.07) is 0. The van der Waals surface area contributed by atoms with Gasteiger partial charge in [-0.1, -0.05) is 19.8 Å². The van der Waals surface area contributed by atoms with Gasteiger partial charge in [0.25, 0.3) is 0 Å². The zero-order valence-corrected chi connectivity index (χ0v) is 12.0. The number of aliphatic hydroxyl groups excluding tert-OH is 1. The van der Waals surface area contributed by atoms with E-state index in [1.165, 1.54) is 64.8 Å². The summed E-state index contributed by atoms with van der Waals surface area (Å²) in [7, 11) is 0. The van der Waals surface area contributed by atoms with E-state index in [9.17, 15) is 5.11 Å². The highest BCUT2D eigenvalue weighted by molar-refractivity contribution is 4.82. The number of hydrogen-bond acceptors (Lipinski definition) is 3. The lowest BCUT2D eigenvalue weighted by Crippen LogP contribution is -2.36. The van der Waals surface area contributed by atoms with Crippen LogP contribution in [0.3, 0.4) is 0 Å². The topological polar surface area (TPSA) is 26.7 Å². The number of nitrogens with zero attached hydrogens (tertiary/aromatic N) is 2. The average molecular weight is 254 g/mol. The number of likely N-dealkylation sites (tertiary alicyclic amines) is 2. The van der Waals surface area contributed by atoms with Crippen LogP contribution >= 0.6 is 0 Å². The van der Waals surface area contributed by atoms with Crippen molar-refractivity contribution in [3.63, 3.8) is 0 Å². The van der Waals surface area contributed by atoms with Crippen molar-refractivity contribution in [3.8, 4) is 0 Å². The van der Waals surface area contributed by atoms with E-state index in [0.717, 1.165) is 12.5 Å². The van der Waals surface area contributed by atoms with Gasteiger partial charge < -0.3 is 14.9 Å². The molecule has 3 heteroatoms. The third-order valence-electron chi connectivity index (χ3n) is 4.85. The van der Waals surface area contributed by atoms with Crippen LogP contribution in [-0.2, 0) is 0 Å². The molecular formula is C15H30N2O. The quantitative estimate of drug-likeness (QED) is 0.810. The summed E-state index contributed by atoms with van der Waals surface area (Å²) in [5.41, 5.74) is 0. The van der Waals surface area contributed by atoms with Crippen molar-refractivity contribution in [2.45, 2.75) is 39.0 Å². The summed E-state index contributed by atoms with van der Waals surface area (Å²) in [5, 5.41) is 9.70. The lowest BCUT2D eigenvalue weighted by molar-refractivity contribution is 0.124. The first-order valence-electron chi connectivity index (χ1n) is 7.89. The van der Waals surface area contributed by atoms with Crippen LogP contribution in [0.5, 0.6) is 0 Å². The van der Waals surface area contributed by atoms with Crippen LogP contribution in [0.2, 0.25) is 0 Å². The average Bonchev–Trinajstić information content (AvgIpc) is 2.73. The molecule has 0 radical (unpaired) electrons. The fraction of sp³-hybridized carbons (Fsp3) is 1.00. The van der Waals surface area contributed by atoms with Gasteiger partial charge in [0.15, 0.2) is 0 Å². The Balaban J connectivity index is 1.80. The van der Waals surface area contributed by atoms with Crippen LogP contribution < -0.4 is 0 Å². The fourth-order valence-corrected chi connectivity index (χ4v) is 3.54. The molecule has 2 aliphatic rings. The molecule has 18 heavy (non-hydrogen) atoms. The number of hydrogen-bond donors (Lipinski definition) is 1. The minimum Gasteiger partial charge on any atom is -0.396 e. The molecule has 0 amide bonds. The van der Waals surface area contributed by atoms with Crippen LogP contribution in [0.25, 0.3) is 0 Å². The molecule has 0 aromatic rings. The Hall–Kier alpha value is -0.120. The van der Waals surface area contributed by atoms with Gasteiger partial charge in [-0.3, -0.25) is 0 Å². The maximum absolute atomic E-state index is 9.70. The van der Waals surface area contributed by atoms with E-state index in [-0.39, 0.29) is 0 Å². The normalized spacial score (nSPS) is 29.3. The highest BCUT2D eigenvalue weighted by Crippen LogP contribution is 2.25. The van der Waals surface area contributed by atoms with E-state index in [2.05, 4.69) is 16.7 Å². The molecule has 0 aromatic heterocycles. The molecule has 1 N–H and O–H groups in total. The van der Waals surface area contributed by atoms with Crippen LogP contribution in [0, 0.1) is 11.8 Å². The Kier molecular flexibility index (Phi) is 5.93. The van der Waals surface area contributed by atoms with Gasteiger partial charge in [-0.2, -0.15) is 0 Å². The van der Waals surface area contributed by atoms with Crippen molar-refractivity contribution in [2.75, 3.05) is 45.9 Å². The molecule has 2 saturated heterocycles. The first-order chi connectivity index (χ1) is 8.83. The molecular weight excluding hydrogens is 224 g/mol. The van der Waals surface area contributed by atoms with Crippen molar-refractivity contribution in [3.05, 3.63) is 0 Å². The van der Waals surface area contributed by atoms with Crippen molar-refractivity contribution in [2.24, 2.45) is 11.8 Å². The molecule has 0 aliphatic carbocycles. The van der Waals surface area contributed by atoms with E-state index in [1.807, 2.05) is 0 Å². The van der Waals surface area contributed by atoms with E-state index < -0.39 is 0 Å².